The van der Waals surface area contributed by atoms with Crippen molar-refractivity contribution in [3.05, 3.63) is 95.6 Å². The first kappa shape index (κ1) is 24.0. The summed E-state index contributed by atoms with van der Waals surface area (Å²) in [6.45, 7) is 5.02. The van der Waals surface area contributed by atoms with Crippen LogP contribution in [0.3, 0.4) is 0 Å². The molecule has 3 aromatic carbocycles. The van der Waals surface area contributed by atoms with E-state index in [1.165, 1.54) is 34.7 Å². The zero-order valence-electron chi connectivity index (χ0n) is 20.0. The van der Waals surface area contributed by atoms with Crippen LogP contribution < -0.4 is 4.74 Å². The van der Waals surface area contributed by atoms with Crippen LogP contribution >= 0.6 is 0 Å². The van der Waals surface area contributed by atoms with E-state index in [4.69, 9.17) is 4.74 Å². The molecule has 0 unspecified atom stereocenters. The van der Waals surface area contributed by atoms with Gasteiger partial charge in [0.25, 0.3) is 0 Å². The molecule has 0 radical (unpaired) electrons. The highest BCUT2D eigenvalue weighted by atomic mass is 16.5. The van der Waals surface area contributed by atoms with Crippen LogP contribution in [0.25, 0.3) is 10.8 Å². The maximum atomic E-state index is 9.50. The SMILES string of the molecule is Cc1nc[nH]c1CN(CCO)Cc1ccc2cc(OCCCCCc3ccccc3)ccc2c1. The van der Waals surface area contributed by atoms with Crippen LogP contribution in [0, 0.1) is 6.92 Å². The third-order valence-electron chi connectivity index (χ3n) is 6.24. The van der Waals surface area contributed by atoms with Gasteiger partial charge in [-0.2, -0.15) is 0 Å². The minimum absolute atomic E-state index is 0.133. The fraction of sp³-hybridized carbons (Fsp3) is 0.345. The molecule has 0 atom stereocenters. The Morgan fingerprint density at radius 3 is 2.50 bits per heavy atom. The minimum Gasteiger partial charge on any atom is -0.494 e. The average molecular weight is 458 g/mol. The molecule has 4 rings (SSSR count). The normalized spacial score (nSPS) is 11.4. The Kier molecular flexibility index (Phi) is 8.71. The highest BCUT2D eigenvalue weighted by Crippen LogP contribution is 2.23. The van der Waals surface area contributed by atoms with Gasteiger partial charge in [0.1, 0.15) is 5.75 Å². The standard InChI is InChI=1S/C29H35N3O2/c1-23-29(31-22-30-23)21-32(15-16-33)20-25-11-12-27-19-28(14-13-26(27)18-25)34-17-7-3-6-10-24-8-4-2-5-9-24/h2,4-5,8-9,11-14,18-19,22,33H,3,6-7,10,15-17,20-21H2,1H3,(H,30,31). The summed E-state index contributed by atoms with van der Waals surface area (Å²) in [5.74, 6) is 0.930. The van der Waals surface area contributed by atoms with E-state index in [0.717, 1.165) is 49.7 Å². The van der Waals surface area contributed by atoms with Crippen molar-refractivity contribution in [3.8, 4) is 5.75 Å². The first-order valence-corrected chi connectivity index (χ1v) is 12.2. The van der Waals surface area contributed by atoms with E-state index in [-0.39, 0.29) is 6.61 Å². The number of hydrogen-bond donors (Lipinski definition) is 2. The van der Waals surface area contributed by atoms with Gasteiger partial charge >= 0.3 is 0 Å². The summed E-state index contributed by atoms with van der Waals surface area (Å²) in [7, 11) is 0. The molecular formula is C29H35N3O2. The molecular weight excluding hydrogens is 422 g/mol. The van der Waals surface area contributed by atoms with Gasteiger partial charge < -0.3 is 14.8 Å². The fourth-order valence-electron chi connectivity index (χ4n) is 4.29. The summed E-state index contributed by atoms with van der Waals surface area (Å²) in [5, 5.41) is 11.9. The Balaban J connectivity index is 1.27. The van der Waals surface area contributed by atoms with E-state index in [1.54, 1.807) is 6.33 Å². The molecule has 5 heteroatoms. The van der Waals surface area contributed by atoms with Crippen LogP contribution in [0.2, 0.25) is 0 Å². The molecule has 1 heterocycles. The summed E-state index contributed by atoms with van der Waals surface area (Å²) in [6, 6.07) is 23.6. The molecule has 0 aliphatic carbocycles. The lowest BCUT2D eigenvalue weighted by Gasteiger charge is -2.21. The van der Waals surface area contributed by atoms with Crippen molar-refractivity contribution in [2.75, 3.05) is 19.8 Å². The van der Waals surface area contributed by atoms with Gasteiger partial charge in [0.2, 0.25) is 0 Å². The predicted molar refractivity (Wildman–Crippen MR) is 138 cm³/mol. The van der Waals surface area contributed by atoms with Gasteiger partial charge in [0.05, 0.1) is 30.9 Å². The minimum atomic E-state index is 0.133. The van der Waals surface area contributed by atoms with E-state index < -0.39 is 0 Å². The second kappa shape index (κ2) is 12.4. The molecule has 0 amide bonds. The number of benzene rings is 3. The predicted octanol–water partition coefficient (Wildman–Crippen LogP) is 5.66. The van der Waals surface area contributed by atoms with Crippen molar-refractivity contribution >= 4 is 10.8 Å². The maximum Gasteiger partial charge on any atom is 0.119 e. The molecule has 0 saturated carbocycles. The number of aliphatic hydroxyl groups is 1. The maximum absolute atomic E-state index is 9.50. The van der Waals surface area contributed by atoms with Crippen molar-refractivity contribution in [1.82, 2.24) is 14.9 Å². The number of hydrogen-bond acceptors (Lipinski definition) is 4. The van der Waals surface area contributed by atoms with Crippen LogP contribution in [0.1, 0.15) is 41.8 Å². The van der Waals surface area contributed by atoms with Crippen molar-refractivity contribution < 1.29 is 9.84 Å². The number of aromatic nitrogens is 2. The number of aliphatic hydroxyl groups excluding tert-OH is 1. The topological polar surface area (TPSA) is 61.4 Å². The van der Waals surface area contributed by atoms with Crippen molar-refractivity contribution in [1.29, 1.82) is 0 Å². The van der Waals surface area contributed by atoms with E-state index in [9.17, 15) is 5.11 Å². The fourth-order valence-corrected chi connectivity index (χ4v) is 4.29. The summed E-state index contributed by atoms with van der Waals surface area (Å²) in [5.41, 5.74) is 4.74. The van der Waals surface area contributed by atoms with Crippen LogP contribution in [-0.2, 0) is 19.5 Å². The number of rotatable bonds is 13. The van der Waals surface area contributed by atoms with Crippen LogP contribution in [-0.4, -0.2) is 39.7 Å². The monoisotopic (exact) mass is 457 g/mol. The number of unbranched alkanes of at least 4 members (excludes halogenated alkanes) is 2. The Morgan fingerprint density at radius 1 is 0.882 bits per heavy atom. The van der Waals surface area contributed by atoms with Crippen LogP contribution in [0.5, 0.6) is 5.75 Å². The van der Waals surface area contributed by atoms with E-state index >= 15 is 0 Å². The molecule has 5 nitrogen and oxygen atoms in total. The average Bonchev–Trinajstić information content (AvgIpc) is 3.26. The molecule has 34 heavy (non-hydrogen) atoms. The highest BCUT2D eigenvalue weighted by Gasteiger charge is 2.10. The number of H-pyrrole nitrogens is 1. The lowest BCUT2D eigenvalue weighted by atomic mass is 10.1. The second-order valence-electron chi connectivity index (χ2n) is 8.89. The van der Waals surface area contributed by atoms with E-state index in [2.05, 4.69) is 81.6 Å². The molecule has 2 N–H and O–H groups in total. The third kappa shape index (κ3) is 6.92. The van der Waals surface area contributed by atoms with Gasteiger partial charge in [0.15, 0.2) is 0 Å². The van der Waals surface area contributed by atoms with E-state index in [1.807, 2.05) is 6.92 Å². The molecule has 0 bridgehead atoms. The Bertz CT molecular complexity index is 1160. The third-order valence-corrected chi connectivity index (χ3v) is 6.24. The molecule has 4 aromatic rings. The van der Waals surface area contributed by atoms with Gasteiger partial charge in [-0.15, -0.1) is 0 Å². The quantitative estimate of drug-likeness (QED) is 0.254. The number of fused-ring (bicyclic) bond motifs is 1. The van der Waals surface area contributed by atoms with Crippen molar-refractivity contribution in [2.45, 2.75) is 45.7 Å². The number of imidazole rings is 1. The van der Waals surface area contributed by atoms with Gasteiger partial charge in [0, 0.05) is 19.6 Å². The first-order valence-electron chi connectivity index (χ1n) is 12.2. The Morgan fingerprint density at radius 2 is 1.71 bits per heavy atom. The molecule has 178 valence electrons. The first-order chi connectivity index (χ1) is 16.7. The summed E-state index contributed by atoms with van der Waals surface area (Å²) in [4.78, 5) is 9.71. The lowest BCUT2D eigenvalue weighted by molar-refractivity contribution is 0.183. The molecule has 0 fully saturated rings. The Labute approximate surface area is 202 Å². The number of nitrogens with one attached hydrogen (secondary N) is 1. The highest BCUT2D eigenvalue weighted by molar-refractivity contribution is 5.84. The van der Waals surface area contributed by atoms with Gasteiger partial charge in [-0.25, -0.2) is 4.98 Å². The van der Waals surface area contributed by atoms with Gasteiger partial charge in [-0.1, -0.05) is 48.5 Å². The number of nitrogens with zero attached hydrogens (tertiary/aromatic N) is 2. The zero-order valence-corrected chi connectivity index (χ0v) is 20.0. The molecule has 0 spiro atoms. The molecule has 0 aliphatic heterocycles. The smallest absolute Gasteiger partial charge is 0.119 e. The molecule has 1 aromatic heterocycles. The van der Waals surface area contributed by atoms with Gasteiger partial charge in [-0.05, 0) is 72.7 Å². The summed E-state index contributed by atoms with van der Waals surface area (Å²) < 4.78 is 6.02. The summed E-state index contributed by atoms with van der Waals surface area (Å²) >= 11 is 0. The van der Waals surface area contributed by atoms with Crippen molar-refractivity contribution in [3.63, 3.8) is 0 Å². The largest absolute Gasteiger partial charge is 0.494 e. The van der Waals surface area contributed by atoms with Crippen LogP contribution in [0.4, 0.5) is 0 Å². The summed E-state index contributed by atoms with van der Waals surface area (Å²) in [6.07, 6.45) is 6.30. The Hall–Kier alpha value is -3.15. The molecule has 0 aliphatic rings. The van der Waals surface area contributed by atoms with E-state index in [0.29, 0.717) is 6.54 Å². The number of aromatic amines is 1. The number of aryl methyl sites for hydroxylation is 2. The number of ether oxygens (including phenoxy) is 1. The molecule has 0 saturated heterocycles. The van der Waals surface area contributed by atoms with Gasteiger partial charge in [-0.3, -0.25) is 4.90 Å². The second-order valence-corrected chi connectivity index (χ2v) is 8.89. The lowest BCUT2D eigenvalue weighted by Crippen LogP contribution is -2.26. The zero-order chi connectivity index (χ0) is 23.6. The van der Waals surface area contributed by atoms with Crippen LogP contribution in [0.15, 0.2) is 73.1 Å². The van der Waals surface area contributed by atoms with Crippen molar-refractivity contribution in [2.24, 2.45) is 0 Å².